The van der Waals surface area contributed by atoms with Gasteiger partial charge in [0.2, 0.25) is 5.91 Å². The largest absolute Gasteiger partial charge is 0.349 e. The molecule has 1 aliphatic rings. The molecule has 0 spiro atoms. The Morgan fingerprint density at radius 2 is 2.14 bits per heavy atom. The monoisotopic (exact) mass is 328 g/mol. The molecule has 1 aromatic rings. The van der Waals surface area contributed by atoms with Crippen molar-refractivity contribution < 1.29 is 4.79 Å². The first kappa shape index (κ1) is 18.3. The molecule has 0 aromatic heterocycles. The van der Waals surface area contributed by atoms with Gasteiger partial charge in [-0.05, 0) is 37.3 Å². The second-order valence-electron chi connectivity index (χ2n) is 6.27. The number of hydrogen-bond acceptors (Lipinski definition) is 3. The topological polar surface area (TPSA) is 55.1 Å². The first-order valence-electron chi connectivity index (χ1n) is 7.20. The minimum Gasteiger partial charge on any atom is -0.349 e. The van der Waals surface area contributed by atoms with E-state index in [4.69, 9.17) is 5.73 Å². The zero-order valence-corrected chi connectivity index (χ0v) is 14.5. The first-order chi connectivity index (χ1) is 9.43. The molecule has 0 saturated carbocycles. The molecule has 3 nitrogen and oxygen atoms in total. The third-order valence-electron chi connectivity index (χ3n) is 3.67. The van der Waals surface area contributed by atoms with Gasteiger partial charge >= 0.3 is 0 Å². The molecule has 5 heteroatoms. The van der Waals surface area contributed by atoms with E-state index in [1.807, 2.05) is 19.1 Å². The van der Waals surface area contributed by atoms with Gasteiger partial charge < -0.3 is 11.1 Å². The predicted molar refractivity (Wildman–Crippen MR) is 92.1 cm³/mol. The minimum atomic E-state index is -0.305. The van der Waals surface area contributed by atoms with Crippen molar-refractivity contribution in [2.45, 2.75) is 49.3 Å². The highest BCUT2D eigenvalue weighted by molar-refractivity contribution is 8.01. The molecule has 0 radical (unpaired) electrons. The van der Waals surface area contributed by atoms with Crippen molar-refractivity contribution in [3.8, 4) is 0 Å². The van der Waals surface area contributed by atoms with Gasteiger partial charge in [-0.1, -0.05) is 32.0 Å². The van der Waals surface area contributed by atoms with Crippen molar-refractivity contribution in [2.24, 2.45) is 11.7 Å². The van der Waals surface area contributed by atoms with Crippen LogP contribution in [0.5, 0.6) is 0 Å². The third kappa shape index (κ3) is 4.63. The van der Waals surface area contributed by atoms with Crippen LogP contribution < -0.4 is 11.1 Å². The number of nitrogens with one attached hydrogen (secondary N) is 1. The van der Waals surface area contributed by atoms with Crippen LogP contribution in [0.25, 0.3) is 0 Å². The number of halogens is 1. The summed E-state index contributed by atoms with van der Waals surface area (Å²) in [5.74, 6) is 0.622. The van der Waals surface area contributed by atoms with Crippen LogP contribution in [0, 0.1) is 5.92 Å². The highest BCUT2D eigenvalue weighted by Gasteiger charge is 2.33. The fourth-order valence-corrected chi connectivity index (χ4v) is 3.99. The molecule has 1 aliphatic heterocycles. The average molecular weight is 329 g/mol. The quantitative estimate of drug-likeness (QED) is 0.873. The summed E-state index contributed by atoms with van der Waals surface area (Å²) in [6.07, 6.45) is 1.72. The van der Waals surface area contributed by atoms with Gasteiger partial charge in [0.25, 0.3) is 0 Å². The molecule has 21 heavy (non-hydrogen) atoms. The van der Waals surface area contributed by atoms with Crippen molar-refractivity contribution >= 4 is 30.1 Å². The Morgan fingerprint density at radius 3 is 2.71 bits per heavy atom. The standard InChI is InChI=1S/C16H24N2OS.ClH/c1-11(2)9-16(3,10-17)18-15(19)14-8-12-6-4-5-7-13(12)20-14;/h4-7,11,14H,8-10,17H2,1-3H3,(H,18,19);1H. The van der Waals surface area contributed by atoms with E-state index in [1.54, 1.807) is 11.8 Å². The van der Waals surface area contributed by atoms with Crippen LogP contribution in [0.1, 0.15) is 32.8 Å². The van der Waals surface area contributed by atoms with Crippen LogP contribution in [-0.2, 0) is 11.2 Å². The molecule has 2 atom stereocenters. The third-order valence-corrected chi connectivity index (χ3v) is 4.99. The molecule has 2 rings (SSSR count). The molecule has 1 heterocycles. The van der Waals surface area contributed by atoms with E-state index in [-0.39, 0.29) is 29.1 Å². The van der Waals surface area contributed by atoms with Crippen molar-refractivity contribution in [2.75, 3.05) is 6.54 Å². The Labute approximate surface area is 137 Å². The normalized spacial score (nSPS) is 19.6. The summed E-state index contributed by atoms with van der Waals surface area (Å²) < 4.78 is 0. The van der Waals surface area contributed by atoms with E-state index in [2.05, 4.69) is 31.3 Å². The van der Waals surface area contributed by atoms with Crippen LogP contribution in [0.2, 0.25) is 0 Å². The predicted octanol–water partition coefficient (Wildman–Crippen LogP) is 3.00. The van der Waals surface area contributed by atoms with Gasteiger partial charge in [-0.3, -0.25) is 4.79 Å². The van der Waals surface area contributed by atoms with E-state index in [0.717, 1.165) is 12.8 Å². The summed E-state index contributed by atoms with van der Waals surface area (Å²) in [7, 11) is 0. The molecule has 0 bridgehead atoms. The molecule has 0 fully saturated rings. The highest BCUT2D eigenvalue weighted by atomic mass is 35.5. The van der Waals surface area contributed by atoms with Gasteiger partial charge in [-0.2, -0.15) is 0 Å². The Hall–Kier alpha value is -0.710. The maximum Gasteiger partial charge on any atom is 0.234 e. The van der Waals surface area contributed by atoms with E-state index in [9.17, 15) is 4.79 Å². The molecule has 1 amide bonds. The Kier molecular flexibility index (Phi) is 6.57. The van der Waals surface area contributed by atoms with Gasteiger partial charge in [0.15, 0.2) is 0 Å². The number of carbonyl (C=O) groups is 1. The highest BCUT2D eigenvalue weighted by Crippen LogP contribution is 2.37. The number of benzene rings is 1. The number of nitrogens with two attached hydrogens (primary N) is 1. The number of amides is 1. The maximum atomic E-state index is 12.5. The fraction of sp³-hybridized carbons (Fsp3) is 0.562. The number of thioether (sulfide) groups is 1. The van der Waals surface area contributed by atoms with Gasteiger partial charge in [0.1, 0.15) is 0 Å². The summed E-state index contributed by atoms with van der Waals surface area (Å²) in [6.45, 7) is 6.82. The van der Waals surface area contributed by atoms with Crippen molar-refractivity contribution in [1.29, 1.82) is 0 Å². The van der Waals surface area contributed by atoms with Crippen LogP contribution in [0.4, 0.5) is 0 Å². The molecule has 0 aliphatic carbocycles. The smallest absolute Gasteiger partial charge is 0.234 e. The summed E-state index contributed by atoms with van der Waals surface area (Å²) in [4.78, 5) is 13.7. The van der Waals surface area contributed by atoms with Crippen LogP contribution in [0.15, 0.2) is 29.2 Å². The molecule has 0 saturated heterocycles. The van der Waals surface area contributed by atoms with E-state index >= 15 is 0 Å². The maximum absolute atomic E-state index is 12.5. The van der Waals surface area contributed by atoms with Crippen molar-refractivity contribution in [3.63, 3.8) is 0 Å². The van der Waals surface area contributed by atoms with Crippen LogP contribution in [0.3, 0.4) is 0 Å². The molecular formula is C16H25ClN2OS. The van der Waals surface area contributed by atoms with Gasteiger partial charge in [0, 0.05) is 17.0 Å². The van der Waals surface area contributed by atoms with Gasteiger partial charge in [0.05, 0.1) is 5.25 Å². The average Bonchev–Trinajstić information content (AvgIpc) is 2.81. The number of carbonyl (C=O) groups excluding carboxylic acids is 1. The summed E-state index contributed by atoms with van der Waals surface area (Å²) in [6, 6.07) is 8.24. The van der Waals surface area contributed by atoms with E-state index < -0.39 is 0 Å². The first-order valence-corrected chi connectivity index (χ1v) is 8.08. The summed E-state index contributed by atoms with van der Waals surface area (Å²) in [5.41, 5.74) is 6.83. The Bertz CT molecular complexity index is 470. The summed E-state index contributed by atoms with van der Waals surface area (Å²) >= 11 is 1.66. The van der Waals surface area contributed by atoms with Gasteiger partial charge in [-0.25, -0.2) is 0 Å². The molecule has 3 N–H and O–H groups in total. The Morgan fingerprint density at radius 1 is 1.48 bits per heavy atom. The van der Waals surface area contributed by atoms with Crippen molar-refractivity contribution in [3.05, 3.63) is 29.8 Å². The number of hydrogen-bond donors (Lipinski definition) is 2. The van der Waals surface area contributed by atoms with Gasteiger partial charge in [-0.15, -0.1) is 24.2 Å². The molecular weight excluding hydrogens is 304 g/mol. The summed E-state index contributed by atoms with van der Waals surface area (Å²) in [5, 5.41) is 3.14. The lowest BCUT2D eigenvalue weighted by Crippen LogP contribution is -2.54. The second kappa shape index (κ2) is 7.52. The number of fused-ring (bicyclic) bond motifs is 1. The lowest BCUT2D eigenvalue weighted by Gasteiger charge is -2.32. The number of rotatable bonds is 5. The second-order valence-corrected chi connectivity index (χ2v) is 7.51. The lowest BCUT2D eigenvalue weighted by molar-refractivity contribution is -0.122. The SMILES string of the molecule is CC(C)CC(C)(CN)NC(=O)C1Cc2ccccc2S1.Cl. The minimum absolute atomic E-state index is 0. The van der Waals surface area contributed by atoms with E-state index in [1.165, 1.54) is 10.5 Å². The molecule has 1 aromatic carbocycles. The lowest BCUT2D eigenvalue weighted by atomic mass is 9.90. The van der Waals surface area contributed by atoms with Crippen molar-refractivity contribution in [1.82, 2.24) is 5.32 Å². The zero-order valence-electron chi connectivity index (χ0n) is 12.9. The van der Waals surface area contributed by atoms with Crippen LogP contribution in [-0.4, -0.2) is 23.2 Å². The molecule has 118 valence electrons. The van der Waals surface area contributed by atoms with Crippen LogP contribution >= 0.6 is 24.2 Å². The zero-order chi connectivity index (χ0) is 14.8. The fourth-order valence-electron chi connectivity index (χ4n) is 2.79. The Balaban J connectivity index is 0.00000220. The van der Waals surface area contributed by atoms with E-state index in [0.29, 0.717) is 12.5 Å². The molecule has 2 unspecified atom stereocenters.